The Labute approximate surface area is 126 Å². The van der Waals surface area contributed by atoms with Gasteiger partial charge < -0.3 is 9.84 Å². The molecule has 1 aliphatic carbocycles. The summed E-state index contributed by atoms with van der Waals surface area (Å²) in [6.45, 7) is 2.16. The van der Waals surface area contributed by atoms with Crippen molar-refractivity contribution in [3.05, 3.63) is 47.1 Å². The van der Waals surface area contributed by atoms with Gasteiger partial charge in [-0.3, -0.25) is 0 Å². The molecule has 4 heteroatoms. The van der Waals surface area contributed by atoms with Gasteiger partial charge in [-0.05, 0) is 43.9 Å². The Morgan fingerprint density at radius 3 is 3.05 bits per heavy atom. The number of benzene rings is 1. The van der Waals surface area contributed by atoms with E-state index >= 15 is 0 Å². The molecule has 0 spiro atoms. The lowest BCUT2D eigenvalue weighted by molar-refractivity contribution is 0.352. The molecule has 1 heterocycles. The number of nitrogens with one attached hydrogen (secondary N) is 1. The highest BCUT2D eigenvalue weighted by molar-refractivity contribution is 5.36. The van der Waals surface area contributed by atoms with Crippen molar-refractivity contribution >= 4 is 0 Å². The van der Waals surface area contributed by atoms with Gasteiger partial charge in [0.05, 0.1) is 0 Å². The first-order valence-electron chi connectivity index (χ1n) is 7.89. The van der Waals surface area contributed by atoms with Gasteiger partial charge in [0.15, 0.2) is 5.82 Å². The summed E-state index contributed by atoms with van der Waals surface area (Å²) in [4.78, 5) is 4.65. The molecule has 2 unspecified atom stereocenters. The van der Waals surface area contributed by atoms with E-state index in [0.29, 0.717) is 12.0 Å². The first-order chi connectivity index (χ1) is 10.3. The van der Waals surface area contributed by atoms with Crippen LogP contribution in [0.25, 0.3) is 0 Å². The third-order valence-electron chi connectivity index (χ3n) is 4.49. The van der Waals surface area contributed by atoms with Crippen LogP contribution in [0.15, 0.2) is 28.8 Å². The van der Waals surface area contributed by atoms with Gasteiger partial charge in [0.25, 0.3) is 0 Å². The second-order valence-electron chi connectivity index (χ2n) is 5.79. The Balaban J connectivity index is 1.81. The number of hydrogen-bond donors (Lipinski definition) is 1. The second kappa shape index (κ2) is 6.39. The fourth-order valence-electron chi connectivity index (χ4n) is 3.18. The lowest BCUT2D eigenvalue weighted by Crippen LogP contribution is -2.26. The van der Waals surface area contributed by atoms with Crippen LogP contribution >= 0.6 is 0 Å². The Bertz CT molecular complexity index is 589. The monoisotopic (exact) mass is 285 g/mol. The molecule has 0 aliphatic heterocycles. The smallest absolute Gasteiger partial charge is 0.228 e. The zero-order valence-corrected chi connectivity index (χ0v) is 12.8. The van der Waals surface area contributed by atoms with Gasteiger partial charge in [0.1, 0.15) is 0 Å². The molecule has 0 radical (unpaired) electrons. The predicted octanol–water partition coefficient (Wildman–Crippen LogP) is 3.08. The molecule has 0 amide bonds. The molecule has 3 rings (SSSR count). The van der Waals surface area contributed by atoms with E-state index in [1.54, 1.807) is 0 Å². The summed E-state index contributed by atoms with van der Waals surface area (Å²) in [6.07, 6.45) is 5.32. The quantitative estimate of drug-likeness (QED) is 0.917. The van der Waals surface area contributed by atoms with Crippen LogP contribution in [0.2, 0.25) is 0 Å². The predicted molar refractivity (Wildman–Crippen MR) is 82.4 cm³/mol. The summed E-state index contributed by atoms with van der Waals surface area (Å²) in [7, 11) is 1.98. The van der Waals surface area contributed by atoms with Crippen LogP contribution in [0.5, 0.6) is 0 Å². The van der Waals surface area contributed by atoms with E-state index in [4.69, 9.17) is 4.52 Å². The number of likely N-dealkylation sites (N-methyl/N-ethyl adjacent to an activating group) is 1. The van der Waals surface area contributed by atoms with Crippen molar-refractivity contribution < 1.29 is 4.52 Å². The minimum Gasteiger partial charge on any atom is -0.339 e. The maximum atomic E-state index is 5.47. The van der Waals surface area contributed by atoms with Gasteiger partial charge in [0.2, 0.25) is 5.89 Å². The zero-order chi connectivity index (χ0) is 14.7. The maximum Gasteiger partial charge on any atom is 0.228 e. The molecule has 1 aliphatic rings. The number of aromatic nitrogens is 2. The molecule has 1 N–H and O–H groups in total. The molecule has 21 heavy (non-hydrogen) atoms. The van der Waals surface area contributed by atoms with Gasteiger partial charge in [-0.25, -0.2) is 0 Å². The largest absolute Gasteiger partial charge is 0.339 e. The Kier molecular flexibility index (Phi) is 4.34. The second-order valence-corrected chi connectivity index (χ2v) is 5.79. The van der Waals surface area contributed by atoms with Crippen LogP contribution in [-0.2, 0) is 12.8 Å². The van der Waals surface area contributed by atoms with E-state index in [2.05, 4.69) is 46.6 Å². The third kappa shape index (κ3) is 3.00. The average Bonchev–Trinajstić information content (AvgIpc) is 3.00. The molecule has 1 aromatic heterocycles. The summed E-state index contributed by atoms with van der Waals surface area (Å²) in [5.41, 5.74) is 2.80. The zero-order valence-electron chi connectivity index (χ0n) is 12.8. The van der Waals surface area contributed by atoms with Crippen molar-refractivity contribution in [3.63, 3.8) is 0 Å². The average molecular weight is 285 g/mol. The normalized spacial score (nSPS) is 19.2. The van der Waals surface area contributed by atoms with Crippen LogP contribution in [0.4, 0.5) is 0 Å². The lowest BCUT2D eigenvalue weighted by Gasteiger charge is -2.22. The van der Waals surface area contributed by atoms with Crippen LogP contribution < -0.4 is 5.32 Å². The van der Waals surface area contributed by atoms with Gasteiger partial charge in [0, 0.05) is 18.4 Å². The molecule has 112 valence electrons. The maximum absolute atomic E-state index is 5.47. The minimum absolute atomic E-state index is 0.294. The van der Waals surface area contributed by atoms with Crippen molar-refractivity contribution in [2.24, 2.45) is 0 Å². The highest BCUT2D eigenvalue weighted by Gasteiger charge is 2.26. The first kappa shape index (κ1) is 14.3. The number of fused-ring (bicyclic) bond motifs is 1. The summed E-state index contributed by atoms with van der Waals surface area (Å²) in [6, 6.07) is 9.04. The van der Waals surface area contributed by atoms with Crippen molar-refractivity contribution in [2.45, 2.75) is 51.0 Å². The molecular weight excluding hydrogens is 262 g/mol. The summed E-state index contributed by atoms with van der Waals surface area (Å²) < 4.78 is 5.47. The van der Waals surface area contributed by atoms with E-state index < -0.39 is 0 Å². The van der Waals surface area contributed by atoms with Gasteiger partial charge in [-0.1, -0.05) is 36.3 Å². The lowest BCUT2D eigenvalue weighted by atomic mass is 9.82. The molecule has 2 aromatic rings. The molecule has 0 fully saturated rings. The third-order valence-corrected chi connectivity index (χ3v) is 4.49. The number of rotatable bonds is 5. The molecular formula is C17H23N3O. The van der Waals surface area contributed by atoms with Crippen molar-refractivity contribution in [1.29, 1.82) is 0 Å². The summed E-state index contributed by atoms with van der Waals surface area (Å²) in [5.74, 6) is 1.89. The van der Waals surface area contributed by atoms with E-state index in [9.17, 15) is 0 Å². The van der Waals surface area contributed by atoms with E-state index in [1.165, 1.54) is 17.5 Å². The number of nitrogens with zero attached hydrogens (tertiary/aromatic N) is 2. The van der Waals surface area contributed by atoms with Gasteiger partial charge in [-0.15, -0.1) is 0 Å². The molecule has 0 bridgehead atoms. The molecule has 0 saturated carbocycles. The van der Waals surface area contributed by atoms with E-state index in [-0.39, 0.29) is 0 Å². The highest BCUT2D eigenvalue weighted by Crippen LogP contribution is 2.35. The Morgan fingerprint density at radius 2 is 2.24 bits per heavy atom. The van der Waals surface area contributed by atoms with Gasteiger partial charge >= 0.3 is 0 Å². The Hall–Kier alpha value is -1.68. The summed E-state index contributed by atoms with van der Waals surface area (Å²) in [5, 5.41) is 7.52. The first-order valence-corrected chi connectivity index (χ1v) is 7.89. The van der Waals surface area contributed by atoms with E-state index in [0.717, 1.165) is 37.4 Å². The number of aryl methyl sites for hydroxylation is 1. The summed E-state index contributed by atoms with van der Waals surface area (Å²) >= 11 is 0. The fraction of sp³-hybridized carbons (Fsp3) is 0.529. The van der Waals surface area contributed by atoms with Crippen molar-refractivity contribution in [2.75, 3.05) is 7.05 Å². The van der Waals surface area contributed by atoms with Crippen LogP contribution in [0.1, 0.15) is 54.9 Å². The standard InChI is InChI=1S/C17H23N3O/c1-3-13(18-2)11-16-19-17(20-21-16)15-10-6-8-12-7-4-5-9-14(12)15/h4-5,7,9,13,15,18H,3,6,8,10-11H2,1-2H3. The van der Waals surface area contributed by atoms with Crippen LogP contribution in [0, 0.1) is 0 Å². The molecule has 2 atom stereocenters. The molecule has 4 nitrogen and oxygen atoms in total. The SMILES string of the molecule is CCC(Cc1nc(C2CCCc3ccccc32)no1)NC. The highest BCUT2D eigenvalue weighted by atomic mass is 16.5. The van der Waals surface area contributed by atoms with Crippen LogP contribution in [-0.4, -0.2) is 23.2 Å². The molecule has 0 saturated heterocycles. The molecule has 1 aromatic carbocycles. The van der Waals surface area contributed by atoms with E-state index in [1.807, 2.05) is 7.05 Å². The number of hydrogen-bond acceptors (Lipinski definition) is 4. The van der Waals surface area contributed by atoms with Gasteiger partial charge in [-0.2, -0.15) is 4.98 Å². The van der Waals surface area contributed by atoms with Crippen molar-refractivity contribution in [3.8, 4) is 0 Å². The topological polar surface area (TPSA) is 51.0 Å². The van der Waals surface area contributed by atoms with Crippen LogP contribution in [0.3, 0.4) is 0 Å². The Morgan fingerprint density at radius 1 is 1.38 bits per heavy atom. The minimum atomic E-state index is 0.294. The fourth-order valence-corrected chi connectivity index (χ4v) is 3.18. The van der Waals surface area contributed by atoms with Crippen molar-refractivity contribution in [1.82, 2.24) is 15.5 Å².